The van der Waals surface area contributed by atoms with Crippen molar-refractivity contribution in [1.82, 2.24) is 0 Å². The average molecular weight is 286 g/mol. The van der Waals surface area contributed by atoms with Crippen molar-refractivity contribution in [3.05, 3.63) is 65.7 Å². The zero-order valence-electron chi connectivity index (χ0n) is 11.9. The normalized spacial score (nSPS) is 11.7. The van der Waals surface area contributed by atoms with Crippen LogP contribution < -0.4 is 4.74 Å². The van der Waals surface area contributed by atoms with E-state index in [9.17, 15) is 9.90 Å². The Morgan fingerprint density at radius 2 is 1.71 bits per heavy atom. The topological polar surface area (TPSA) is 55.8 Å². The van der Waals surface area contributed by atoms with E-state index in [2.05, 4.69) is 0 Å². The summed E-state index contributed by atoms with van der Waals surface area (Å²) in [5, 5.41) is 9.79. The molecule has 1 unspecified atom stereocenters. The molecule has 0 saturated heterocycles. The molecule has 0 aliphatic heterocycles. The van der Waals surface area contributed by atoms with Gasteiger partial charge in [0.15, 0.2) is 0 Å². The van der Waals surface area contributed by atoms with Gasteiger partial charge in [-0.2, -0.15) is 0 Å². The lowest BCUT2D eigenvalue weighted by Crippen LogP contribution is -2.25. The van der Waals surface area contributed by atoms with E-state index in [1.54, 1.807) is 24.3 Å². The van der Waals surface area contributed by atoms with Gasteiger partial charge in [-0.15, -0.1) is 0 Å². The minimum Gasteiger partial charge on any atom is -0.490 e. The van der Waals surface area contributed by atoms with Gasteiger partial charge < -0.3 is 14.6 Å². The van der Waals surface area contributed by atoms with Gasteiger partial charge in [-0.05, 0) is 30.7 Å². The summed E-state index contributed by atoms with van der Waals surface area (Å²) >= 11 is 0. The first-order valence-corrected chi connectivity index (χ1v) is 6.75. The number of aryl methyl sites for hydroxylation is 1. The van der Waals surface area contributed by atoms with Crippen molar-refractivity contribution < 1.29 is 19.4 Å². The van der Waals surface area contributed by atoms with Gasteiger partial charge in [0, 0.05) is 0 Å². The maximum Gasteiger partial charge on any atom is 0.338 e. The summed E-state index contributed by atoms with van der Waals surface area (Å²) in [6, 6.07) is 16.2. The third-order valence-electron chi connectivity index (χ3n) is 2.94. The predicted molar refractivity (Wildman–Crippen MR) is 79.4 cm³/mol. The van der Waals surface area contributed by atoms with Gasteiger partial charge in [0.25, 0.3) is 0 Å². The summed E-state index contributed by atoms with van der Waals surface area (Å²) in [6.07, 6.45) is -0.864. The lowest BCUT2D eigenvalue weighted by molar-refractivity contribution is 0.0129. The van der Waals surface area contributed by atoms with Gasteiger partial charge >= 0.3 is 5.97 Å². The van der Waals surface area contributed by atoms with E-state index < -0.39 is 12.1 Å². The first-order valence-electron chi connectivity index (χ1n) is 6.75. The van der Waals surface area contributed by atoms with E-state index in [-0.39, 0.29) is 13.2 Å². The quantitative estimate of drug-likeness (QED) is 0.829. The Kier molecular flexibility index (Phi) is 5.35. The molecule has 4 heteroatoms. The maximum atomic E-state index is 11.7. The van der Waals surface area contributed by atoms with E-state index in [0.717, 1.165) is 5.56 Å². The summed E-state index contributed by atoms with van der Waals surface area (Å²) in [6.45, 7) is 1.91. The van der Waals surface area contributed by atoms with Gasteiger partial charge in [-0.3, -0.25) is 0 Å². The molecule has 0 spiro atoms. The van der Waals surface area contributed by atoms with Crippen molar-refractivity contribution in [1.29, 1.82) is 0 Å². The van der Waals surface area contributed by atoms with E-state index in [1.165, 1.54) is 0 Å². The summed E-state index contributed by atoms with van der Waals surface area (Å²) in [4.78, 5) is 11.7. The lowest BCUT2D eigenvalue weighted by atomic mass is 10.2. The first kappa shape index (κ1) is 15.1. The highest BCUT2D eigenvalue weighted by Gasteiger charge is 2.11. The van der Waals surface area contributed by atoms with Crippen LogP contribution >= 0.6 is 0 Å². The number of hydrogen-bond acceptors (Lipinski definition) is 4. The number of para-hydroxylation sites is 1. The molecule has 0 aromatic heterocycles. The first-order chi connectivity index (χ1) is 10.2. The minimum atomic E-state index is -0.864. The molecule has 2 aromatic carbocycles. The van der Waals surface area contributed by atoms with Crippen LogP contribution in [0.3, 0.4) is 0 Å². The number of carbonyl (C=O) groups excluding carboxylic acids is 1. The van der Waals surface area contributed by atoms with Gasteiger partial charge in [-0.1, -0.05) is 36.4 Å². The van der Waals surface area contributed by atoms with Crippen molar-refractivity contribution >= 4 is 5.97 Å². The largest absolute Gasteiger partial charge is 0.490 e. The van der Waals surface area contributed by atoms with Gasteiger partial charge in [0.1, 0.15) is 25.1 Å². The van der Waals surface area contributed by atoms with Crippen LogP contribution in [-0.4, -0.2) is 30.4 Å². The van der Waals surface area contributed by atoms with Gasteiger partial charge in [0.2, 0.25) is 0 Å². The van der Waals surface area contributed by atoms with Crippen LogP contribution in [0.25, 0.3) is 0 Å². The minimum absolute atomic E-state index is 0.0763. The third kappa shape index (κ3) is 4.61. The summed E-state index contributed by atoms with van der Waals surface area (Å²) < 4.78 is 10.5. The molecule has 2 aromatic rings. The SMILES string of the molecule is Cc1ccccc1OCC(O)COC(=O)c1ccccc1. The van der Waals surface area contributed by atoms with Crippen molar-refractivity contribution in [2.75, 3.05) is 13.2 Å². The van der Waals surface area contributed by atoms with E-state index in [1.807, 2.05) is 37.3 Å². The number of hydrogen-bond donors (Lipinski definition) is 1. The van der Waals surface area contributed by atoms with Gasteiger partial charge in [0.05, 0.1) is 5.56 Å². The molecule has 110 valence electrons. The molecule has 0 bridgehead atoms. The molecule has 0 aliphatic rings. The predicted octanol–water partition coefficient (Wildman–Crippen LogP) is 2.59. The number of esters is 1. The molecule has 1 N–H and O–H groups in total. The van der Waals surface area contributed by atoms with E-state index >= 15 is 0 Å². The smallest absolute Gasteiger partial charge is 0.338 e. The van der Waals surface area contributed by atoms with Crippen LogP contribution in [0.15, 0.2) is 54.6 Å². The second-order valence-electron chi connectivity index (χ2n) is 4.69. The highest BCUT2D eigenvalue weighted by atomic mass is 16.5. The lowest BCUT2D eigenvalue weighted by Gasteiger charge is -2.14. The molecule has 1 atom stereocenters. The molecule has 2 rings (SSSR count). The Labute approximate surface area is 123 Å². The fraction of sp³-hybridized carbons (Fsp3) is 0.235. The highest BCUT2D eigenvalue weighted by molar-refractivity contribution is 5.89. The van der Waals surface area contributed by atoms with Crippen molar-refractivity contribution in [2.24, 2.45) is 0 Å². The summed E-state index contributed by atoms with van der Waals surface area (Å²) in [5.74, 6) is 0.261. The van der Waals surface area contributed by atoms with Crippen molar-refractivity contribution in [3.63, 3.8) is 0 Å². The van der Waals surface area contributed by atoms with E-state index in [4.69, 9.17) is 9.47 Å². The van der Waals surface area contributed by atoms with E-state index in [0.29, 0.717) is 11.3 Å². The van der Waals surface area contributed by atoms with Gasteiger partial charge in [-0.25, -0.2) is 4.79 Å². The Balaban J connectivity index is 1.76. The average Bonchev–Trinajstić information content (AvgIpc) is 2.52. The molecule has 0 saturated carbocycles. The Morgan fingerprint density at radius 1 is 1.05 bits per heavy atom. The Hall–Kier alpha value is -2.33. The molecule has 4 nitrogen and oxygen atoms in total. The monoisotopic (exact) mass is 286 g/mol. The molecule has 0 radical (unpaired) electrons. The fourth-order valence-electron chi connectivity index (χ4n) is 1.78. The Bertz CT molecular complexity index is 580. The van der Waals surface area contributed by atoms with Crippen LogP contribution in [0.4, 0.5) is 0 Å². The number of rotatable bonds is 6. The standard InChI is InChI=1S/C17H18O4/c1-13-7-5-6-10-16(13)20-11-15(18)12-21-17(19)14-8-3-2-4-9-14/h2-10,15,18H,11-12H2,1H3. The van der Waals surface area contributed by atoms with Crippen LogP contribution in [0.5, 0.6) is 5.75 Å². The van der Waals surface area contributed by atoms with Crippen LogP contribution in [0.2, 0.25) is 0 Å². The van der Waals surface area contributed by atoms with Crippen molar-refractivity contribution in [2.45, 2.75) is 13.0 Å². The number of carbonyl (C=O) groups is 1. The molecule has 21 heavy (non-hydrogen) atoms. The van der Waals surface area contributed by atoms with Crippen molar-refractivity contribution in [3.8, 4) is 5.75 Å². The second kappa shape index (κ2) is 7.45. The Morgan fingerprint density at radius 3 is 2.43 bits per heavy atom. The molecule has 0 amide bonds. The summed E-state index contributed by atoms with van der Waals surface area (Å²) in [5.41, 5.74) is 1.45. The molecule has 0 fully saturated rings. The zero-order valence-corrected chi connectivity index (χ0v) is 11.9. The van der Waals surface area contributed by atoms with Crippen LogP contribution in [-0.2, 0) is 4.74 Å². The molecular formula is C17H18O4. The number of aliphatic hydroxyl groups excluding tert-OH is 1. The highest BCUT2D eigenvalue weighted by Crippen LogP contribution is 2.16. The second-order valence-corrected chi connectivity index (χ2v) is 4.69. The van der Waals surface area contributed by atoms with Crippen LogP contribution in [0, 0.1) is 6.92 Å². The number of aliphatic hydroxyl groups is 1. The molecule has 0 heterocycles. The number of ether oxygens (including phenoxy) is 2. The zero-order chi connectivity index (χ0) is 15.1. The molecular weight excluding hydrogens is 268 g/mol. The molecule has 0 aliphatic carbocycles. The fourth-order valence-corrected chi connectivity index (χ4v) is 1.78. The maximum absolute atomic E-state index is 11.7. The van der Waals surface area contributed by atoms with Crippen LogP contribution in [0.1, 0.15) is 15.9 Å². The summed E-state index contributed by atoms with van der Waals surface area (Å²) in [7, 11) is 0. The number of benzene rings is 2. The third-order valence-corrected chi connectivity index (χ3v) is 2.94.